The molecule has 0 fully saturated rings. The Hall–Kier alpha value is -1.72. The summed E-state index contributed by atoms with van der Waals surface area (Å²) in [5.41, 5.74) is 6.90. The van der Waals surface area contributed by atoms with E-state index in [0.717, 1.165) is 5.56 Å². The molecule has 1 amide bonds. The van der Waals surface area contributed by atoms with Gasteiger partial charge in [0.2, 0.25) is 5.91 Å². The highest BCUT2D eigenvalue weighted by Crippen LogP contribution is 2.21. The van der Waals surface area contributed by atoms with Crippen LogP contribution < -0.4 is 11.1 Å². The SMILES string of the molecule is CC(C(=O)NCCCC(F)(F)F)c1cccc(N)c1. The predicted molar refractivity (Wildman–Crippen MR) is 67.6 cm³/mol. The van der Waals surface area contributed by atoms with Gasteiger partial charge in [-0.1, -0.05) is 12.1 Å². The first-order valence-electron chi connectivity index (χ1n) is 5.99. The summed E-state index contributed by atoms with van der Waals surface area (Å²) in [4.78, 5) is 11.7. The van der Waals surface area contributed by atoms with Crippen molar-refractivity contribution >= 4 is 11.6 Å². The molecule has 106 valence electrons. The van der Waals surface area contributed by atoms with Crippen molar-refractivity contribution in [1.82, 2.24) is 5.32 Å². The maximum Gasteiger partial charge on any atom is 0.389 e. The Labute approximate surface area is 110 Å². The van der Waals surface area contributed by atoms with E-state index in [2.05, 4.69) is 5.32 Å². The van der Waals surface area contributed by atoms with E-state index in [1.54, 1.807) is 31.2 Å². The van der Waals surface area contributed by atoms with E-state index in [1.807, 2.05) is 0 Å². The largest absolute Gasteiger partial charge is 0.399 e. The molecule has 0 spiro atoms. The van der Waals surface area contributed by atoms with Crippen molar-refractivity contribution < 1.29 is 18.0 Å². The van der Waals surface area contributed by atoms with Crippen molar-refractivity contribution in [2.75, 3.05) is 12.3 Å². The second-order valence-electron chi connectivity index (χ2n) is 4.40. The Morgan fingerprint density at radius 1 is 1.42 bits per heavy atom. The smallest absolute Gasteiger partial charge is 0.389 e. The van der Waals surface area contributed by atoms with Gasteiger partial charge in [-0.15, -0.1) is 0 Å². The highest BCUT2D eigenvalue weighted by molar-refractivity contribution is 5.83. The highest BCUT2D eigenvalue weighted by Gasteiger charge is 2.26. The fourth-order valence-electron chi connectivity index (χ4n) is 1.63. The molecule has 1 unspecified atom stereocenters. The number of carbonyl (C=O) groups is 1. The molecule has 1 rings (SSSR count). The Morgan fingerprint density at radius 2 is 2.11 bits per heavy atom. The number of carbonyl (C=O) groups excluding carboxylic acids is 1. The van der Waals surface area contributed by atoms with Crippen LogP contribution in [0.15, 0.2) is 24.3 Å². The van der Waals surface area contributed by atoms with E-state index in [1.165, 1.54) is 0 Å². The summed E-state index contributed by atoms with van der Waals surface area (Å²) in [5, 5.41) is 2.49. The minimum absolute atomic E-state index is 0.0188. The van der Waals surface area contributed by atoms with Crippen LogP contribution in [-0.2, 0) is 4.79 Å². The summed E-state index contributed by atoms with van der Waals surface area (Å²) in [6, 6.07) is 6.88. The number of anilines is 1. The van der Waals surface area contributed by atoms with Gasteiger partial charge in [0, 0.05) is 18.7 Å². The third-order valence-electron chi connectivity index (χ3n) is 2.74. The summed E-state index contributed by atoms with van der Waals surface area (Å²) >= 11 is 0. The molecule has 6 heteroatoms. The Morgan fingerprint density at radius 3 is 2.68 bits per heavy atom. The van der Waals surface area contributed by atoms with Crippen LogP contribution in [0.25, 0.3) is 0 Å². The molecular formula is C13H17F3N2O. The molecule has 1 aromatic carbocycles. The van der Waals surface area contributed by atoms with Crippen LogP contribution in [0.4, 0.5) is 18.9 Å². The van der Waals surface area contributed by atoms with Crippen LogP contribution in [0.3, 0.4) is 0 Å². The Kier molecular flexibility index (Phi) is 5.20. The number of rotatable bonds is 5. The molecule has 0 saturated heterocycles. The molecule has 1 atom stereocenters. The number of benzene rings is 1. The molecule has 1 aromatic rings. The molecule has 0 aliphatic rings. The quantitative estimate of drug-likeness (QED) is 0.640. The van der Waals surface area contributed by atoms with Gasteiger partial charge in [-0.2, -0.15) is 13.2 Å². The van der Waals surface area contributed by atoms with Crippen molar-refractivity contribution in [2.24, 2.45) is 0 Å². The first-order valence-corrected chi connectivity index (χ1v) is 5.99. The second kappa shape index (κ2) is 6.45. The third-order valence-corrected chi connectivity index (χ3v) is 2.74. The summed E-state index contributed by atoms with van der Waals surface area (Å²) in [7, 11) is 0. The van der Waals surface area contributed by atoms with Gasteiger partial charge in [0.1, 0.15) is 0 Å². The zero-order valence-electron chi connectivity index (χ0n) is 10.6. The molecular weight excluding hydrogens is 257 g/mol. The average molecular weight is 274 g/mol. The van der Waals surface area contributed by atoms with Gasteiger partial charge < -0.3 is 11.1 Å². The van der Waals surface area contributed by atoms with Crippen molar-refractivity contribution in [3.8, 4) is 0 Å². The van der Waals surface area contributed by atoms with Gasteiger partial charge in [-0.3, -0.25) is 4.79 Å². The van der Waals surface area contributed by atoms with E-state index in [-0.39, 0.29) is 18.9 Å². The number of nitrogens with one attached hydrogen (secondary N) is 1. The fourth-order valence-corrected chi connectivity index (χ4v) is 1.63. The molecule has 0 bridgehead atoms. The molecule has 3 N–H and O–H groups in total. The topological polar surface area (TPSA) is 55.1 Å². The summed E-state index contributed by atoms with van der Waals surface area (Å²) in [5.74, 6) is -0.734. The van der Waals surface area contributed by atoms with Crippen LogP contribution in [0.5, 0.6) is 0 Å². The summed E-state index contributed by atoms with van der Waals surface area (Å²) in [6.45, 7) is 1.71. The number of hydrogen-bond donors (Lipinski definition) is 2. The molecule has 0 radical (unpaired) electrons. The first kappa shape index (κ1) is 15.3. The minimum Gasteiger partial charge on any atom is -0.399 e. The van der Waals surface area contributed by atoms with Crippen LogP contribution in [0.1, 0.15) is 31.2 Å². The summed E-state index contributed by atoms with van der Waals surface area (Å²) in [6.07, 6.45) is -5.18. The fraction of sp³-hybridized carbons (Fsp3) is 0.462. The van der Waals surface area contributed by atoms with Gasteiger partial charge in [0.05, 0.1) is 5.92 Å². The van der Waals surface area contributed by atoms with E-state index in [0.29, 0.717) is 5.69 Å². The monoisotopic (exact) mass is 274 g/mol. The van der Waals surface area contributed by atoms with Crippen LogP contribution in [-0.4, -0.2) is 18.6 Å². The number of nitrogen functional groups attached to an aromatic ring is 1. The lowest BCUT2D eigenvalue weighted by atomic mass is 10.00. The zero-order valence-corrected chi connectivity index (χ0v) is 10.6. The van der Waals surface area contributed by atoms with Gasteiger partial charge in [-0.25, -0.2) is 0 Å². The van der Waals surface area contributed by atoms with Gasteiger partial charge in [-0.05, 0) is 31.0 Å². The van der Waals surface area contributed by atoms with Crippen molar-refractivity contribution in [3.63, 3.8) is 0 Å². The molecule has 0 aliphatic carbocycles. The summed E-state index contributed by atoms with van der Waals surface area (Å²) < 4.78 is 35.8. The number of amides is 1. The van der Waals surface area contributed by atoms with Gasteiger partial charge >= 0.3 is 6.18 Å². The number of alkyl halides is 3. The zero-order chi connectivity index (χ0) is 14.5. The predicted octanol–water partition coefficient (Wildman–Crippen LogP) is 2.83. The lowest BCUT2D eigenvalue weighted by Crippen LogP contribution is -2.29. The van der Waals surface area contributed by atoms with E-state index >= 15 is 0 Å². The molecule has 0 aliphatic heterocycles. The van der Waals surface area contributed by atoms with Crippen LogP contribution >= 0.6 is 0 Å². The third kappa shape index (κ3) is 5.63. The number of nitrogens with two attached hydrogens (primary N) is 1. The van der Waals surface area contributed by atoms with Crippen LogP contribution in [0.2, 0.25) is 0 Å². The van der Waals surface area contributed by atoms with Crippen molar-refractivity contribution in [2.45, 2.75) is 31.9 Å². The second-order valence-corrected chi connectivity index (χ2v) is 4.40. The maximum atomic E-state index is 11.9. The Balaban J connectivity index is 2.41. The normalized spacial score (nSPS) is 13.1. The van der Waals surface area contributed by atoms with Crippen LogP contribution in [0, 0.1) is 0 Å². The van der Waals surface area contributed by atoms with Crippen molar-refractivity contribution in [1.29, 1.82) is 0 Å². The average Bonchev–Trinajstić information content (AvgIpc) is 2.32. The standard InChI is InChI=1S/C13H17F3N2O/c1-9(10-4-2-5-11(17)8-10)12(19)18-7-3-6-13(14,15)16/h2,4-5,8-9H,3,6-7,17H2,1H3,(H,18,19). The van der Waals surface area contributed by atoms with E-state index in [9.17, 15) is 18.0 Å². The van der Waals surface area contributed by atoms with E-state index in [4.69, 9.17) is 5.73 Å². The molecule has 3 nitrogen and oxygen atoms in total. The molecule has 0 aromatic heterocycles. The number of halogens is 3. The Bertz CT molecular complexity index is 432. The highest BCUT2D eigenvalue weighted by atomic mass is 19.4. The minimum atomic E-state index is -4.18. The van der Waals surface area contributed by atoms with Crippen molar-refractivity contribution in [3.05, 3.63) is 29.8 Å². The molecule has 19 heavy (non-hydrogen) atoms. The van der Waals surface area contributed by atoms with E-state index < -0.39 is 18.5 Å². The van der Waals surface area contributed by atoms with Gasteiger partial charge in [0.15, 0.2) is 0 Å². The lowest BCUT2D eigenvalue weighted by Gasteiger charge is -2.13. The molecule has 0 saturated carbocycles. The lowest BCUT2D eigenvalue weighted by molar-refractivity contribution is -0.136. The first-order chi connectivity index (χ1) is 8.79. The number of hydrogen-bond acceptors (Lipinski definition) is 2. The maximum absolute atomic E-state index is 11.9. The molecule has 0 heterocycles. The van der Waals surface area contributed by atoms with Gasteiger partial charge in [0.25, 0.3) is 0 Å².